The maximum Gasteiger partial charge on any atom is 0.277 e. The molecule has 0 fully saturated rings. The Kier molecular flexibility index (Phi) is 4.72. The van der Waals surface area contributed by atoms with Gasteiger partial charge in [-0.2, -0.15) is 0 Å². The van der Waals surface area contributed by atoms with Crippen LogP contribution in [0.4, 0.5) is 16.5 Å². The Morgan fingerprint density at radius 3 is 2.27 bits per heavy atom. The summed E-state index contributed by atoms with van der Waals surface area (Å²) in [7, 11) is 0. The average molecular weight is 413 g/mol. The zero-order valence-corrected chi connectivity index (χ0v) is 14.8. The fourth-order valence-electron chi connectivity index (χ4n) is 2.10. The molecular formula is C14H6Cl2N4O5S. The van der Waals surface area contributed by atoms with E-state index in [1.807, 2.05) is 0 Å². The van der Waals surface area contributed by atoms with Crippen LogP contribution >= 0.6 is 34.5 Å². The average Bonchev–Trinajstić information content (AvgIpc) is 3.01. The summed E-state index contributed by atoms with van der Waals surface area (Å²) >= 11 is 13.1. The Morgan fingerprint density at radius 1 is 1.08 bits per heavy atom. The predicted octanol–water partition coefficient (Wildman–Crippen LogP) is 4.67. The summed E-state index contributed by atoms with van der Waals surface area (Å²) in [6, 6.07) is 5.92. The summed E-state index contributed by atoms with van der Waals surface area (Å²) in [6.45, 7) is 0. The number of carbonyl (C=O) groups is 1. The summed E-state index contributed by atoms with van der Waals surface area (Å²) in [4.78, 5) is 36.7. The van der Waals surface area contributed by atoms with Crippen molar-refractivity contribution < 1.29 is 14.6 Å². The zero-order chi connectivity index (χ0) is 19.0. The van der Waals surface area contributed by atoms with Gasteiger partial charge in [0.1, 0.15) is 5.52 Å². The van der Waals surface area contributed by atoms with E-state index in [9.17, 15) is 25.0 Å². The van der Waals surface area contributed by atoms with Gasteiger partial charge >= 0.3 is 0 Å². The first-order valence-corrected chi connectivity index (χ1v) is 8.33. The maximum absolute atomic E-state index is 12.3. The first kappa shape index (κ1) is 18.0. The number of benzene rings is 2. The van der Waals surface area contributed by atoms with Crippen molar-refractivity contribution >= 4 is 67.2 Å². The monoisotopic (exact) mass is 412 g/mol. The molecule has 3 aromatic rings. The van der Waals surface area contributed by atoms with Crippen LogP contribution in [-0.4, -0.2) is 20.7 Å². The molecule has 0 saturated heterocycles. The van der Waals surface area contributed by atoms with Crippen LogP contribution in [0.1, 0.15) is 10.4 Å². The number of thiazole rings is 1. The highest BCUT2D eigenvalue weighted by molar-refractivity contribution is 7.22. The molecule has 0 radical (unpaired) electrons. The lowest BCUT2D eigenvalue weighted by Crippen LogP contribution is -2.12. The number of aromatic nitrogens is 1. The van der Waals surface area contributed by atoms with Crippen molar-refractivity contribution in [2.75, 3.05) is 5.32 Å². The highest BCUT2D eigenvalue weighted by Crippen LogP contribution is 2.35. The van der Waals surface area contributed by atoms with E-state index in [1.54, 1.807) is 12.1 Å². The van der Waals surface area contributed by atoms with Crippen LogP contribution in [0, 0.1) is 20.2 Å². The smallest absolute Gasteiger partial charge is 0.277 e. The fraction of sp³-hybridized carbons (Fsp3) is 0. The van der Waals surface area contributed by atoms with Crippen LogP contribution in [-0.2, 0) is 0 Å². The summed E-state index contributed by atoms with van der Waals surface area (Å²) in [5.74, 6) is -0.780. The fourth-order valence-corrected chi connectivity index (χ4v) is 3.38. The molecule has 0 aliphatic heterocycles. The Labute approximate surface area is 158 Å². The molecule has 132 valence electrons. The van der Waals surface area contributed by atoms with Crippen molar-refractivity contribution in [3.63, 3.8) is 0 Å². The first-order valence-electron chi connectivity index (χ1n) is 6.76. The van der Waals surface area contributed by atoms with Crippen LogP contribution < -0.4 is 5.32 Å². The predicted molar refractivity (Wildman–Crippen MR) is 97.3 cm³/mol. The number of nitrogens with zero attached hydrogens (tertiary/aromatic N) is 3. The highest BCUT2D eigenvalue weighted by Gasteiger charge is 2.21. The molecule has 12 heteroatoms. The molecule has 0 aliphatic carbocycles. The number of fused-ring (bicyclic) bond motifs is 1. The van der Waals surface area contributed by atoms with Gasteiger partial charge in [-0.05, 0) is 12.1 Å². The minimum absolute atomic E-state index is 0.170. The molecule has 0 atom stereocenters. The molecule has 0 bridgehead atoms. The summed E-state index contributed by atoms with van der Waals surface area (Å²) < 4.78 is 0.666. The second-order valence-electron chi connectivity index (χ2n) is 4.93. The maximum atomic E-state index is 12.3. The minimum Gasteiger partial charge on any atom is -0.298 e. The van der Waals surface area contributed by atoms with Gasteiger partial charge in [-0.1, -0.05) is 34.5 Å². The molecule has 3 rings (SSSR count). The Morgan fingerprint density at radius 2 is 1.69 bits per heavy atom. The number of carbonyl (C=O) groups excluding carboxylic acids is 1. The number of anilines is 1. The van der Waals surface area contributed by atoms with Gasteiger partial charge in [-0.3, -0.25) is 30.3 Å². The topological polar surface area (TPSA) is 128 Å². The van der Waals surface area contributed by atoms with E-state index >= 15 is 0 Å². The molecule has 9 nitrogen and oxygen atoms in total. The largest absolute Gasteiger partial charge is 0.298 e. The summed E-state index contributed by atoms with van der Waals surface area (Å²) in [5.41, 5.74) is -0.981. The van der Waals surface area contributed by atoms with E-state index in [0.29, 0.717) is 15.2 Å². The number of hydrogen-bond donors (Lipinski definition) is 1. The molecule has 1 heterocycles. The lowest BCUT2D eigenvalue weighted by molar-refractivity contribution is -0.394. The van der Waals surface area contributed by atoms with Crippen LogP contribution in [0.2, 0.25) is 10.0 Å². The molecule has 26 heavy (non-hydrogen) atoms. The van der Waals surface area contributed by atoms with Crippen LogP contribution in [0.15, 0.2) is 30.3 Å². The van der Waals surface area contributed by atoms with Crippen molar-refractivity contribution in [2.24, 2.45) is 0 Å². The number of amides is 1. The van der Waals surface area contributed by atoms with Crippen molar-refractivity contribution in [1.29, 1.82) is 0 Å². The van der Waals surface area contributed by atoms with E-state index in [4.69, 9.17) is 23.2 Å². The number of rotatable bonds is 4. The molecule has 0 aliphatic rings. The van der Waals surface area contributed by atoms with Gasteiger partial charge in [-0.15, -0.1) is 0 Å². The van der Waals surface area contributed by atoms with E-state index in [-0.39, 0.29) is 15.7 Å². The third-order valence-electron chi connectivity index (χ3n) is 3.26. The summed E-state index contributed by atoms with van der Waals surface area (Å²) in [6.07, 6.45) is 0. The number of nitro benzene ring substituents is 2. The third kappa shape index (κ3) is 3.43. The standard InChI is InChI=1S/C14H6Cl2N4O5S/c15-9-1-2-10-12(11(9)16)17-14(26-10)18-13(21)6-3-7(19(22)23)5-8(4-6)20(24)25/h1-5H,(H,17,18,21). The Balaban J connectivity index is 1.96. The molecule has 0 spiro atoms. The number of hydrogen-bond acceptors (Lipinski definition) is 7. The lowest BCUT2D eigenvalue weighted by Gasteiger charge is -2.02. The van der Waals surface area contributed by atoms with Crippen molar-refractivity contribution in [3.05, 3.63) is 66.2 Å². The minimum atomic E-state index is -0.816. The van der Waals surface area contributed by atoms with Crippen molar-refractivity contribution in [2.45, 2.75) is 0 Å². The molecular weight excluding hydrogens is 407 g/mol. The SMILES string of the molecule is O=C(Nc1nc2c(Cl)c(Cl)ccc2s1)c1cc([N+](=O)[O-])cc([N+](=O)[O-])c1. The number of nitro groups is 2. The number of halogens is 2. The van der Waals surface area contributed by atoms with Crippen LogP contribution in [0.5, 0.6) is 0 Å². The first-order chi connectivity index (χ1) is 12.3. The van der Waals surface area contributed by atoms with Gasteiger partial charge in [-0.25, -0.2) is 4.98 Å². The van der Waals surface area contributed by atoms with Crippen LogP contribution in [0.3, 0.4) is 0 Å². The molecule has 1 amide bonds. The van der Waals surface area contributed by atoms with Gasteiger partial charge in [0.05, 0.1) is 36.2 Å². The normalized spacial score (nSPS) is 10.7. The Bertz CT molecular complexity index is 1050. The van der Waals surface area contributed by atoms with Crippen LogP contribution in [0.25, 0.3) is 10.2 Å². The lowest BCUT2D eigenvalue weighted by atomic mass is 10.1. The quantitative estimate of drug-likeness (QED) is 0.489. The highest BCUT2D eigenvalue weighted by atomic mass is 35.5. The number of non-ortho nitro benzene ring substituents is 2. The summed E-state index contributed by atoms with van der Waals surface area (Å²) in [5, 5.41) is 25.0. The molecule has 1 aromatic heterocycles. The van der Waals surface area contributed by atoms with Crippen molar-refractivity contribution in [3.8, 4) is 0 Å². The van der Waals surface area contributed by atoms with Gasteiger partial charge in [0.15, 0.2) is 5.13 Å². The second kappa shape index (κ2) is 6.83. The number of nitrogens with one attached hydrogen (secondary N) is 1. The van der Waals surface area contributed by atoms with E-state index in [1.165, 1.54) is 0 Å². The van der Waals surface area contributed by atoms with E-state index in [2.05, 4.69) is 10.3 Å². The zero-order valence-electron chi connectivity index (χ0n) is 12.4. The molecule has 2 aromatic carbocycles. The second-order valence-corrected chi connectivity index (χ2v) is 6.75. The molecule has 1 N–H and O–H groups in total. The van der Waals surface area contributed by atoms with Gasteiger partial charge in [0.2, 0.25) is 0 Å². The van der Waals surface area contributed by atoms with E-state index in [0.717, 1.165) is 29.5 Å². The van der Waals surface area contributed by atoms with Gasteiger partial charge in [0, 0.05) is 12.1 Å². The molecule has 0 unspecified atom stereocenters. The van der Waals surface area contributed by atoms with Gasteiger partial charge in [0.25, 0.3) is 17.3 Å². The van der Waals surface area contributed by atoms with Crippen molar-refractivity contribution in [1.82, 2.24) is 4.98 Å². The van der Waals surface area contributed by atoms with E-state index < -0.39 is 27.1 Å². The Hall–Kier alpha value is -2.82. The van der Waals surface area contributed by atoms with Gasteiger partial charge < -0.3 is 0 Å². The third-order valence-corrected chi connectivity index (χ3v) is 4.99. The molecule has 0 saturated carbocycles.